The van der Waals surface area contributed by atoms with E-state index in [9.17, 15) is 0 Å². The summed E-state index contributed by atoms with van der Waals surface area (Å²) in [6.07, 6.45) is 0. The number of ether oxygens (including phenoxy) is 1. The van der Waals surface area contributed by atoms with Crippen LogP contribution in [-0.4, -0.2) is 57.7 Å². The van der Waals surface area contributed by atoms with Crippen molar-refractivity contribution in [3.05, 3.63) is 35.4 Å². The molecule has 2 N–H and O–H groups in total. The fraction of sp³-hybridized carbons (Fsp3) is 0.600. The van der Waals surface area contributed by atoms with Gasteiger partial charge in [-0.05, 0) is 32.3 Å². The van der Waals surface area contributed by atoms with E-state index in [0.29, 0.717) is 13.2 Å². The van der Waals surface area contributed by atoms with Crippen LogP contribution in [0, 0.1) is 0 Å². The Bertz CT molecular complexity index is 368. The largest absolute Gasteiger partial charge is 0.380 e. The molecular weight excluding hydrogens is 238 g/mol. The van der Waals surface area contributed by atoms with Gasteiger partial charge >= 0.3 is 0 Å². The molecule has 4 heteroatoms. The SMILES string of the molecule is COCc1cccc(C(CN)N(C)CCN(C)C)c1. The van der Waals surface area contributed by atoms with Gasteiger partial charge in [0.25, 0.3) is 0 Å². The first kappa shape index (κ1) is 16.1. The van der Waals surface area contributed by atoms with Crippen LogP contribution in [0.15, 0.2) is 24.3 Å². The highest BCUT2D eigenvalue weighted by Gasteiger charge is 2.15. The summed E-state index contributed by atoms with van der Waals surface area (Å²) in [5.74, 6) is 0. The first-order valence-corrected chi connectivity index (χ1v) is 6.71. The molecule has 108 valence electrons. The van der Waals surface area contributed by atoms with E-state index in [4.69, 9.17) is 10.5 Å². The quantitative estimate of drug-likeness (QED) is 0.770. The van der Waals surface area contributed by atoms with Gasteiger partial charge in [-0.2, -0.15) is 0 Å². The van der Waals surface area contributed by atoms with Gasteiger partial charge in [0.2, 0.25) is 0 Å². The van der Waals surface area contributed by atoms with Crippen molar-refractivity contribution in [2.75, 3.05) is 47.9 Å². The van der Waals surface area contributed by atoms with Gasteiger partial charge in [0, 0.05) is 32.8 Å². The van der Waals surface area contributed by atoms with Crippen molar-refractivity contribution in [1.82, 2.24) is 9.80 Å². The first-order valence-electron chi connectivity index (χ1n) is 6.71. The van der Waals surface area contributed by atoms with E-state index in [-0.39, 0.29) is 6.04 Å². The number of hydrogen-bond acceptors (Lipinski definition) is 4. The molecule has 0 aliphatic carbocycles. The lowest BCUT2D eigenvalue weighted by atomic mass is 10.0. The molecule has 1 aromatic carbocycles. The van der Waals surface area contributed by atoms with E-state index in [1.54, 1.807) is 7.11 Å². The Morgan fingerprint density at radius 2 is 1.95 bits per heavy atom. The third kappa shape index (κ3) is 5.28. The second kappa shape index (κ2) is 8.27. The fourth-order valence-electron chi connectivity index (χ4n) is 2.14. The maximum atomic E-state index is 5.95. The van der Waals surface area contributed by atoms with Gasteiger partial charge in [0.1, 0.15) is 0 Å². The lowest BCUT2D eigenvalue weighted by Gasteiger charge is -2.28. The Balaban J connectivity index is 2.75. The van der Waals surface area contributed by atoms with Crippen molar-refractivity contribution in [3.63, 3.8) is 0 Å². The van der Waals surface area contributed by atoms with E-state index in [1.807, 2.05) is 0 Å². The van der Waals surface area contributed by atoms with Crippen molar-refractivity contribution in [3.8, 4) is 0 Å². The molecular formula is C15H27N3O. The number of benzene rings is 1. The Morgan fingerprint density at radius 3 is 2.53 bits per heavy atom. The molecule has 0 fully saturated rings. The molecule has 0 aliphatic rings. The maximum Gasteiger partial charge on any atom is 0.0713 e. The van der Waals surface area contributed by atoms with Crippen molar-refractivity contribution in [2.24, 2.45) is 5.73 Å². The minimum Gasteiger partial charge on any atom is -0.380 e. The Morgan fingerprint density at radius 1 is 1.21 bits per heavy atom. The third-order valence-corrected chi connectivity index (χ3v) is 3.30. The highest BCUT2D eigenvalue weighted by Crippen LogP contribution is 2.19. The number of methoxy groups -OCH3 is 1. The average Bonchev–Trinajstić information content (AvgIpc) is 2.38. The fourth-order valence-corrected chi connectivity index (χ4v) is 2.14. The minimum atomic E-state index is 0.261. The minimum absolute atomic E-state index is 0.261. The molecule has 1 rings (SSSR count). The summed E-state index contributed by atoms with van der Waals surface area (Å²) >= 11 is 0. The summed E-state index contributed by atoms with van der Waals surface area (Å²) in [5, 5.41) is 0. The molecule has 0 aliphatic heterocycles. The maximum absolute atomic E-state index is 5.95. The number of nitrogens with zero attached hydrogens (tertiary/aromatic N) is 2. The van der Waals surface area contributed by atoms with Crippen molar-refractivity contribution in [1.29, 1.82) is 0 Å². The van der Waals surface area contributed by atoms with Crippen LogP contribution in [0.5, 0.6) is 0 Å². The van der Waals surface area contributed by atoms with E-state index in [1.165, 1.54) is 11.1 Å². The number of rotatable bonds is 8. The van der Waals surface area contributed by atoms with Crippen LogP contribution in [0.4, 0.5) is 0 Å². The molecule has 0 spiro atoms. The standard InChI is InChI=1S/C15H27N3O/c1-17(2)8-9-18(3)15(11-16)14-7-5-6-13(10-14)12-19-4/h5-7,10,15H,8-9,11-12,16H2,1-4H3. The summed E-state index contributed by atoms with van der Waals surface area (Å²) in [7, 11) is 8.02. The van der Waals surface area contributed by atoms with E-state index < -0.39 is 0 Å². The van der Waals surface area contributed by atoms with Crippen LogP contribution < -0.4 is 5.73 Å². The average molecular weight is 265 g/mol. The number of hydrogen-bond donors (Lipinski definition) is 1. The lowest BCUT2D eigenvalue weighted by molar-refractivity contribution is 0.184. The van der Waals surface area contributed by atoms with Crippen LogP contribution >= 0.6 is 0 Å². The zero-order valence-electron chi connectivity index (χ0n) is 12.6. The lowest BCUT2D eigenvalue weighted by Crippen LogP contribution is -2.35. The highest BCUT2D eigenvalue weighted by atomic mass is 16.5. The van der Waals surface area contributed by atoms with Crippen LogP contribution in [0.1, 0.15) is 17.2 Å². The molecule has 0 radical (unpaired) electrons. The van der Waals surface area contributed by atoms with Crippen LogP contribution in [0.3, 0.4) is 0 Å². The second-order valence-electron chi connectivity index (χ2n) is 5.21. The number of nitrogens with two attached hydrogens (primary N) is 1. The molecule has 1 aromatic rings. The van der Waals surface area contributed by atoms with Crippen molar-refractivity contribution < 1.29 is 4.74 Å². The number of likely N-dealkylation sites (N-methyl/N-ethyl adjacent to an activating group) is 2. The van der Waals surface area contributed by atoms with Gasteiger partial charge < -0.3 is 15.4 Å². The molecule has 0 bridgehead atoms. The van der Waals surface area contributed by atoms with Gasteiger partial charge in [-0.15, -0.1) is 0 Å². The zero-order chi connectivity index (χ0) is 14.3. The molecule has 0 saturated carbocycles. The summed E-state index contributed by atoms with van der Waals surface area (Å²) in [6.45, 7) is 3.31. The summed E-state index contributed by atoms with van der Waals surface area (Å²) in [5.41, 5.74) is 8.41. The first-order chi connectivity index (χ1) is 9.08. The van der Waals surface area contributed by atoms with Gasteiger partial charge in [-0.1, -0.05) is 24.3 Å². The normalized spacial score (nSPS) is 13.2. The Labute approximate surface area is 117 Å². The summed E-state index contributed by atoms with van der Waals surface area (Å²) < 4.78 is 5.18. The Hall–Kier alpha value is -0.940. The summed E-state index contributed by atoms with van der Waals surface area (Å²) in [4.78, 5) is 4.50. The van der Waals surface area contributed by atoms with Gasteiger partial charge in [-0.25, -0.2) is 0 Å². The molecule has 1 atom stereocenters. The van der Waals surface area contributed by atoms with E-state index in [0.717, 1.165) is 13.1 Å². The van der Waals surface area contributed by atoms with E-state index in [2.05, 4.69) is 55.2 Å². The summed E-state index contributed by atoms with van der Waals surface area (Å²) in [6, 6.07) is 8.75. The molecule has 0 heterocycles. The molecule has 0 aromatic heterocycles. The smallest absolute Gasteiger partial charge is 0.0713 e. The zero-order valence-corrected chi connectivity index (χ0v) is 12.6. The van der Waals surface area contributed by atoms with Crippen LogP contribution in [-0.2, 0) is 11.3 Å². The van der Waals surface area contributed by atoms with Crippen molar-refractivity contribution >= 4 is 0 Å². The monoisotopic (exact) mass is 265 g/mol. The molecule has 0 amide bonds. The van der Waals surface area contributed by atoms with Crippen molar-refractivity contribution in [2.45, 2.75) is 12.6 Å². The second-order valence-corrected chi connectivity index (χ2v) is 5.21. The van der Waals surface area contributed by atoms with Gasteiger partial charge in [0.05, 0.1) is 6.61 Å². The van der Waals surface area contributed by atoms with Gasteiger partial charge in [0.15, 0.2) is 0 Å². The Kier molecular flexibility index (Phi) is 7.02. The molecule has 1 unspecified atom stereocenters. The van der Waals surface area contributed by atoms with E-state index >= 15 is 0 Å². The molecule has 19 heavy (non-hydrogen) atoms. The van der Waals surface area contributed by atoms with Crippen LogP contribution in [0.25, 0.3) is 0 Å². The predicted octanol–water partition coefficient (Wildman–Crippen LogP) is 1.33. The molecule has 0 saturated heterocycles. The van der Waals surface area contributed by atoms with Gasteiger partial charge in [-0.3, -0.25) is 4.90 Å². The highest BCUT2D eigenvalue weighted by molar-refractivity contribution is 5.26. The predicted molar refractivity (Wildman–Crippen MR) is 80.1 cm³/mol. The topological polar surface area (TPSA) is 41.7 Å². The van der Waals surface area contributed by atoms with Crippen LogP contribution in [0.2, 0.25) is 0 Å². The third-order valence-electron chi connectivity index (χ3n) is 3.30. The molecule has 4 nitrogen and oxygen atoms in total.